The fourth-order valence-electron chi connectivity index (χ4n) is 7.00. The van der Waals surface area contributed by atoms with Crippen molar-refractivity contribution in [3.8, 4) is 11.5 Å². The maximum absolute atomic E-state index is 13.8. The highest BCUT2D eigenvalue weighted by Gasteiger charge is 2.68. The van der Waals surface area contributed by atoms with Gasteiger partial charge in [0.1, 0.15) is 18.0 Å². The predicted octanol–water partition coefficient (Wildman–Crippen LogP) is 4.59. The number of carbonyl (C=O) groups is 4. The van der Waals surface area contributed by atoms with Gasteiger partial charge in [-0.2, -0.15) is 5.01 Å². The van der Waals surface area contributed by atoms with Crippen LogP contribution in [0.15, 0.2) is 84.9 Å². The number of hydrogen-bond donors (Lipinski definition) is 0. The number of benzene rings is 3. The van der Waals surface area contributed by atoms with E-state index in [2.05, 4.69) is 0 Å². The average Bonchev–Trinajstić information content (AvgIpc) is 3.83. The second-order valence-electron chi connectivity index (χ2n) is 11.6. The Hall–Kier alpha value is -5.72. The van der Waals surface area contributed by atoms with Gasteiger partial charge in [0.25, 0.3) is 29.1 Å². The Bertz CT molecular complexity index is 1770. The Morgan fingerprint density at radius 1 is 0.733 bits per heavy atom. The highest BCUT2D eigenvalue weighted by atomic mass is 16.6. The summed E-state index contributed by atoms with van der Waals surface area (Å²) in [5, 5.41) is 23.7. The molecule has 0 unspecified atom stereocenters. The van der Waals surface area contributed by atoms with E-state index < -0.39 is 51.7 Å². The first-order chi connectivity index (χ1) is 21.6. The molecule has 45 heavy (non-hydrogen) atoms. The van der Waals surface area contributed by atoms with E-state index in [-0.39, 0.29) is 34.3 Å². The highest BCUT2D eigenvalue weighted by Crippen LogP contribution is 2.65. The molecule has 0 radical (unpaired) electrons. The molecule has 1 saturated heterocycles. The maximum atomic E-state index is 13.8. The topological polar surface area (TPSA) is 170 Å². The molecule has 1 heterocycles. The van der Waals surface area contributed by atoms with Crippen molar-refractivity contribution in [3.63, 3.8) is 0 Å². The Morgan fingerprint density at radius 3 is 1.67 bits per heavy atom. The quantitative estimate of drug-likeness (QED) is 0.111. The first-order valence-electron chi connectivity index (χ1n) is 14.3. The number of carbonyl (C=O) groups excluding carboxylic acids is 4. The molecule has 2 bridgehead atoms. The summed E-state index contributed by atoms with van der Waals surface area (Å²) in [5.74, 6) is -2.46. The zero-order chi connectivity index (χ0) is 31.6. The van der Waals surface area contributed by atoms with Crippen molar-refractivity contribution in [2.24, 2.45) is 35.5 Å². The van der Waals surface area contributed by atoms with Gasteiger partial charge in [-0.1, -0.05) is 12.2 Å². The van der Waals surface area contributed by atoms with E-state index in [4.69, 9.17) is 4.74 Å². The molecule has 2 saturated carbocycles. The van der Waals surface area contributed by atoms with Crippen molar-refractivity contribution in [3.05, 3.63) is 116 Å². The van der Waals surface area contributed by atoms with Gasteiger partial charge >= 0.3 is 0 Å². The maximum Gasteiger partial charge on any atom is 0.273 e. The van der Waals surface area contributed by atoms with Gasteiger partial charge in [-0.05, 0) is 78.6 Å². The van der Waals surface area contributed by atoms with Crippen LogP contribution in [-0.2, 0) is 9.59 Å². The molecule has 4 aliphatic carbocycles. The molecule has 6 atom stereocenters. The molecule has 13 nitrogen and oxygen atoms in total. The van der Waals surface area contributed by atoms with Crippen molar-refractivity contribution in [2.45, 2.75) is 6.42 Å². The van der Waals surface area contributed by atoms with Crippen LogP contribution in [0.4, 0.5) is 11.4 Å². The second-order valence-corrected chi connectivity index (χ2v) is 11.6. The van der Waals surface area contributed by atoms with Crippen LogP contribution in [0.1, 0.15) is 27.1 Å². The molecule has 0 aromatic heterocycles. The summed E-state index contributed by atoms with van der Waals surface area (Å²) in [5.41, 5.74) is -0.191. The number of non-ortho nitro benzene ring substituents is 2. The van der Waals surface area contributed by atoms with Crippen LogP contribution < -0.4 is 4.74 Å². The summed E-state index contributed by atoms with van der Waals surface area (Å²) in [6.07, 6.45) is 4.97. The summed E-state index contributed by atoms with van der Waals surface area (Å²) < 4.78 is 5.70. The van der Waals surface area contributed by atoms with Gasteiger partial charge in [0.2, 0.25) is 0 Å². The molecule has 3 aromatic rings. The number of nitro groups is 2. The van der Waals surface area contributed by atoms with Crippen LogP contribution in [0.2, 0.25) is 0 Å². The number of rotatable bonds is 9. The van der Waals surface area contributed by atoms with Gasteiger partial charge in [-0.25, -0.2) is 5.01 Å². The van der Waals surface area contributed by atoms with Crippen LogP contribution in [0, 0.1) is 55.7 Å². The molecule has 3 fully saturated rings. The van der Waals surface area contributed by atoms with Crippen LogP contribution in [0.5, 0.6) is 11.5 Å². The Labute approximate surface area is 254 Å². The van der Waals surface area contributed by atoms with Crippen molar-refractivity contribution in [1.82, 2.24) is 10.0 Å². The molecule has 3 amide bonds. The fraction of sp³-hybridized carbons (Fsp3) is 0.250. The van der Waals surface area contributed by atoms with E-state index in [1.165, 1.54) is 60.7 Å². The van der Waals surface area contributed by atoms with Crippen molar-refractivity contribution < 1.29 is 33.8 Å². The largest absolute Gasteiger partial charge is 0.457 e. The van der Waals surface area contributed by atoms with E-state index in [1.54, 1.807) is 0 Å². The Morgan fingerprint density at radius 2 is 1.18 bits per heavy atom. The minimum Gasteiger partial charge on any atom is -0.457 e. The van der Waals surface area contributed by atoms with Gasteiger partial charge in [0.05, 0.1) is 21.7 Å². The number of ether oxygens (including phenoxy) is 1. The number of hydrogen-bond acceptors (Lipinski definition) is 9. The lowest BCUT2D eigenvalue weighted by molar-refractivity contribution is -0.385. The third-order valence-corrected chi connectivity index (χ3v) is 9.19. The first-order valence-corrected chi connectivity index (χ1v) is 14.3. The first kappa shape index (κ1) is 28.1. The highest BCUT2D eigenvalue weighted by molar-refractivity contribution is 6.10. The number of hydrazine groups is 1. The summed E-state index contributed by atoms with van der Waals surface area (Å²) in [6, 6.07) is 16.1. The molecule has 13 heteroatoms. The summed E-state index contributed by atoms with van der Waals surface area (Å²) in [6.45, 7) is -0.634. The van der Waals surface area contributed by atoms with Gasteiger partial charge in [-0.15, -0.1) is 0 Å². The minimum absolute atomic E-state index is 0.0281. The number of nitrogens with zero attached hydrogens (tertiary/aromatic N) is 4. The van der Waals surface area contributed by atoms with Crippen LogP contribution in [0.25, 0.3) is 0 Å². The fourth-order valence-corrected chi connectivity index (χ4v) is 7.00. The summed E-state index contributed by atoms with van der Waals surface area (Å²) in [7, 11) is 0. The van der Waals surface area contributed by atoms with Gasteiger partial charge < -0.3 is 4.74 Å². The third kappa shape index (κ3) is 4.72. The number of allylic oxidation sites excluding steroid dienone is 2. The smallest absolute Gasteiger partial charge is 0.273 e. The predicted molar refractivity (Wildman–Crippen MR) is 155 cm³/mol. The monoisotopic (exact) mass is 608 g/mol. The molecule has 5 aliphatic rings. The van der Waals surface area contributed by atoms with E-state index in [0.717, 1.165) is 28.6 Å². The normalized spacial score (nSPS) is 25.4. The molecule has 1 aliphatic heterocycles. The summed E-state index contributed by atoms with van der Waals surface area (Å²) >= 11 is 0. The molecular formula is C32H24N4O9. The molecule has 226 valence electrons. The Kier molecular flexibility index (Phi) is 6.53. The molecule has 0 spiro atoms. The zero-order valence-electron chi connectivity index (χ0n) is 23.4. The van der Waals surface area contributed by atoms with Gasteiger partial charge in [0, 0.05) is 35.4 Å². The third-order valence-electron chi connectivity index (χ3n) is 9.19. The van der Waals surface area contributed by atoms with Gasteiger partial charge in [-0.3, -0.25) is 39.4 Å². The van der Waals surface area contributed by atoms with E-state index in [0.29, 0.717) is 23.3 Å². The van der Waals surface area contributed by atoms with E-state index >= 15 is 0 Å². The number of amides is 3. The minimum atomic E-state index is -0.817. The second kappa shape index (κ2) is 10.5. The SMILES string of the molecule is O=C(CN(C(=O)c1ccc([N+](=O)[O-])cc1)N1C(=O)[C@@H]2[C@H]3C=C[C@@H]([C@@H]4C[C@@H]34)[C@H]2C1=O)c1ccc(Oc2ccc([N+](=O)[O-])cc2)cc1. The lowest BCUT2D eigenvalue weighted by Crippen LogP contribution is -2.52. The lowest BCUT2D eigenvalue weighted by Gasteiger charge is -2.37. The number of Topliss-reactive ketones (excluding diaryl/α,β-unsaturated/α-hetero) is 1. The van der Waals surface area contributed by atoms with Crippen molar-refractivity contribution in [1.29, 1.82) is 0 Å². The van der Waals surface area contributed by atoms with E-state index in [1.807, 2.05) is 12.2 Å². The average molecular weight is 609 g/mol. The molecular weight excluding hydrogens is 584 g/mol. The van der Waals surface area contributed by atoms with Crippen LogP contribution >= 0.6 is 0 Å². The van der Waals surface area contributed by atoms with Crippen LogP contribution in [0.3, 0.4) is 0 Å². The van der Waals surface area contributed by atoms with Crippen molar-refractivity contribution >= 4 is 34.9 Å². The Balaban J connectivity index is 1.14. The standard InChI is InChI=1S/C32H24N4O9/c37-27(17-3-9-21(10-4-17)45-22-11-7-20(8-12-22)36(43)44)16-33(30(38)18-1-5-19(6-2-18)35(41)42)34-31(39)28-23-13-14-24(26-15-25(23)26)29(28)32(34)40/h1-14,23-26,28-29H,15-16H2/t23-,24-,25-,26-,28+,29+/m0/s1. The van der Waals surface area contributed by atoms with Crippen LogP contribution in [-0.4, -0.2) is 49.9 Å². The van der Waals surface area contributed by atoms with Gasteiger partial charge in [0.15, 0.2) is 5.78 Å². The molecule has 0 N–H and O–H groups in total. The van der Waals surface area contributed by atoms with Crippen molar-refractivity contribution in [2.75, 3.05) is 6.54 Å². The number of imide groups is 1. The molecule has 3 aromatic carbocycles. The zero-order valence-corrected chi connectivity index (χ0v) is 23.4. The lowest BCUT2D eigenvalue weighted by atomic mass is 9.63. The number of nitro benzene ring substituents is 2. The number of ketones is 1. The van der Waals surface area contributed by atoms with E-state index in [9.17, 15) is 39.4 Å². The molecule has 8 rings (SSSR count). The summed E-state index contributed by atoms with van der Waals surface area (Å²) in [4.78, 5) is 75.9.